The first-order valence-electron chi connectivity index (χ1n) is 19.0. The third-order valence-electron chi connectivity index (χ3n) is 11.4. The lowest BCUT2D eigenvalue weighted by atomic mass is 10.0. The molecular weight excluding hydrogens is 717 g/mol. The van der Waals surface area contributed by atoms with E-state index in [-0.39, 0.29) is 0 Å². The molecular formula is C52H32N2S2. The Morgan fingerprint density at radius 3 is 1.61 bits per heavy atom. The van der Waals surface area contributed by atoms with E-state index in [2.05, 4.69) is 204 Å². The molecule has 0 unspecified atom stereocenters. The van der Waals surface area contributed by atoms with Crippen LogP contribution in [0.4, 0.5) is 17.1 Å². The summed E-state index contributed by atoms with van der Waals surface area (Å²) in [4.78, 5) is 2.49. The Hall–Kier alpha value is -6.72. The summed E-state index contributed by atoms with van der Waals surface area (Å²) in [6, 6.07) is 71.3. The van der Waals surface area contributed by atoms with Crippen LogP contribution in [0.2, 0.25) is 0 Å². The van der Waals surface area contributed by atoms with Crippen molar-refractivity contribution in [2.45, 2.75) is 0 Å². The Kier molecular flexibility index (Phi) is 7.00. The van der Waals surface area contributed by atoms with Gasteiger partial charge in [-0.3, -0.25) is 0 Å². The molecule has 0 spiro atoms. The molecule has 0 amide bonds. The van der Waals surface area contributed by atoms with Crippen molar-refractivity contribution in [1.29, 1.82) is 0 Å². The second-order valence-electron chi connectivity index (χ2n) is 14.5. The van der Waals surface area contributed by atoms with Crippen molar-refractivity contribution in [3.8, 4) is 16.8 Å². The minimum absolute atomic E-state index is 1.13. The van der Waals surface area contributed by atoms with Crippen molar-refractivity contribution in [2.75, 3.05) is 4.90 Å². The fourth-order valence-corrected chi connectivity index (χ4v) is 11.2. The second kappa shape index (κ2) is 12.4. The lowest BCUT2D eigenvalue weighted by Gasteiger charge is -2.27. The summed E-state index contributed by atoms with van der Waals surface area (Å²) in [5.74, 6) is 0. The Morgan fingerprint density at radius 2 is 0.929 bits per heavy atom. The van der Waals surface area contributed by atoms with Gasteiger partial charge in [0, 0.05) is 58.5 Å². The maximum absolute atomic E-state index is 2.49. The van der Waals surface area contributed by atoms with Crippen molar-refractivity contribution in [3.63, 3.8) is 0 Å². The smallest absolute Gasteiger partial charge is 0.0640 e. The van der Waals surface area contributed by atoms with E-state index in [1.54, 1.807) is 0 Å². The van der Waals surface area contributed by atoms with Crippen LogP contribution in [0, 0.1) is 0 Å². The predicted molar refractivity (Wildman–Crippen MR) is 244 cm³/mol. The van der Waals surface area contributed by atoms with E-state index in [1.165, 1.54) is 95.4 Å². The van der Waals surface area contributed by atoms with Crippen molar-refractivity contribution < 1.29 is 0 Å². The van der Waals surface area contributed by atoms with E-state index < -0.39 is 0 Å². The van der Waals surface area contributed by atoms with Gasteiger partial charge in [0.2, 0.25) is 0 Å². The monoisotopic (exact) mass is 748 g/mol. The summed E-state index contributed by atoms with van der Waals surface area (Å²) < 4.78 is 7.65. The minimum atomic E-state index is 1.13. The van der Waals surface area contributed by atoms with E-state index in [1.807, 2.05) is 22.7 Å². The summed E-state index contributed by atoms with van der Waals surface area (Å²) in [5, 5.41) is 10.2. The Balaban J connectivity index is 1.05. The fourth-order valence-electron chi connectivity index (χ4n) is 8.83. The van der Waals surface area contributed by atoms with Gasteiger partial charge < -0.3 is 9.47 Å². The number of fused-ring (bicyclic) bond motifs is 11. The van der Waals surface area contributed by atoms with Gasteiger partial charge in [0.1, 0.15) is 0 Å². The topological polar surface area (TPSA) is 8.17 Å². The summed E-state index contributed by atoms with van der Waals surface area (Å²) in [5.41, 5.74) is 9.53. The van der Waals surface area contributed by atoms with Crippen LogP contribution in [0.3, 0.4) is 0 Å². The second-order valence-corrected chi connectivity index (χ2v) is 16.6. The van der Waals surface area contributed by atoms with Gasteiger partial charge in [-0.25, -0.2) is 0 Å². The van der Waals surface area contributed by atoms with Gasteiger partial charge >= 0.3 is 0 Å². The zero-order chi connectivity index (χ0) is 36.7. The highest BCUT2D eigenvalue weighted by Gasteiger charge is 2.22. The van der Waals surface area contributed by atoms with Crippen molar-refractivity contribution in [1.82, 2.24) is 4.57 Å². The van der Waals surface area contributed by atoms with E-state index in [0.717, 1.165) is 11.4 Å². The third-order valence-corrected chi connectivity index (χ3v) is 13.8. The highest BCUT2D eigenvalue weighted by atomic mass is 32.1. The predicted octanol–water partition coefficient (Wildman–Crippen LogP) is 15.8. The maximum atomic E-state index is 2.49. The number of aromatic nitrogens is 1. The standard InChI is InChI=1S/C52H32N2S2/c1-2-13-36(14-3-1)54-47-32-35(27-30-39(47)42-31-26-34-12-4-5-15-38(34)50(42)54)33-24-28-37(29-25-33)53(45-20-10-18-43-40-16-6-8-22-48(40)55-51(43)45)46-21-11-19-44-41-17-7-9-23-49(41)56-52(44)46/h1-32H. The SMILES string of the molecule is c1ccc(-n2c3cc(-c4ccc(N(c5cccc6c5sc5ccccc56)c5cccc6c5sc5ccccc56)cc4)ccc3c3ccc4ccccc4c32)cc1. The summed E-state index contributed by atoms with van der Waals surface area (Å²) in [7, 11) is 0. The van der Waals surface area contributed by atoms with E-state index in [9.17, 15) is 0 Å². The highest BCUT2D eigenvalue weighted by molar-refractivity contribution is 7.27. The summed E-state index contributed by atoms with van der Waals surface area (Å²) >= 11 is 3.76. The molecule has 0 aliphatic carbocycles. The number of hydrogen-bond acceptors (Lipinski definition) is 3. The van der Waals surface area contributed by atoms with Crippen LogP contribution in [0.1, 0.15) is 0 Å². The zero-order valence-electron chi connectivity index (χ0n) is 30.2. The molecule has 12 aromatic rings. The number of para-hydroxylation sites is 1. The molecule has 0 aliphatic heterocycles. The zero-order valence-corrected chi connectivity index (χ0v) is 31.8. The molecule has 0 radical (unpaired) electrons. The van der Waals surface area contributed by atoms with E-state index in [0.29, 0.717) is 0 Å². The quantitative estimate of drug-likeness (QED) is 0.170. The van der Waals surface area contributed by atoms with Gasteiger partial charge in [0.05, 0.1) is 31.8 Å². The Morgan fingerprint density at radius 1 is 0.375 bits per heavy atom. The molecule has 262 valence electrons. The van der Waals surface area contributed by atoms with Gasteiger partial charge in [-0.15, -0.1) is 22.7 Å². The number of anilines is 3. The molecule has 12 rings (SSSR count). The van der Waals surface area contributed by atoms with Crippen molar-refractivity contribution in [3.05, 3.63) is 194 Å². The fraction of sp³-hybridized carbons (Fsp3) is 0. The molecule has 0 N–H and O–H groups in total. The van der Waals surface area contributed by atoms with Crippen LogP contribution in [-0.4, -0.2) is 4.57 Å². The molecule has 9 aromatic carbocycles. The number of rotatable bonds is 5. The number of benzene rings is 9. The van der Waals surface area contributed by atoms with E-state index in [4.69, 9.17) is 0 Å². The number of thiophene rings is 2. The molecule has 0 atom stereocenters. The third kappa shape index (κ3) is 4.73. The normalized spacial score (nSPS) is 11.9. The molecule has 56 heavy (non-hydrogen) atoms. The molecule has 2 nitrogen and oxygen atoms in total. The molecule has 0 fully saturated rings. The molecule has 0 aliphatic rings. The molecule has 3 heterocycles. The van der Waals surface area contributed by atoms with E-state index >= 15 is 0 Å². The lowest BCUT2D eigenvalue weighted by Crippen LogP contribution is -2.10. The highest BCUT2D eigenvalue weighted by Crippen LogP contribution is 2.49. The van der Waals surface area contributed by atoms with Crippen LogP contribution in [0.5, 0.6) is 0 Å². The van der Waals surface area contributed by atoms with Crippen LogP contribution in [0.15, 0.2) is 194 Å². The lowest BCUT2D eigenvalue weighted by molar-refractivity contribution is 1.19. The minimum Gasteiger partial charge on any atom is -0.309 e. The molecule has 0 bridgehead atoms. The van der Waals surface area contributed by atoms with Crippen molar-refractivity contribution >= 4 is 113 Å². The average molecular weight is 749 g/mol. The Labute approximate surface area is 331 Å². The van der Waals surface area contributed by atoms with Gasteiger partial charge in [0.25, 0.3) is 0 Å². The molecule has 0 saturated carbocycles. The molecule has 4 heteroatoms. The first-order chi connectivity index (χ1) is 27.8. The maximum Gasteiger partial charge on any atom is 0.0640 e. The largest absolute Gasteiger partial charge is 0.309 e. The summed E-state index contributed by atoms with van der Waals surface area (Å²) in [6.45, 7) is 0. The van der Waals surface area contributed by atoms with Crippen LogP contribution in [0.25, 0.3) is 89.7 Å². The van der Waals surface area contributed by atoms with Gasteiger partial charge in [-0.1, -0.05) is 140 Å². The van der Waals surface area contributed by atoms with Crippen LogP contribution < -0.4 is 4.90 Å². The van der Waals surface area contributed by atoms with Crippen LogP contribution in [-0.2, 0) is 0 Å². The first kappa shape index (κ1) is 31.6. The van der Waals surface area contributed by atoms with Gasteiger partial charge in [-0.05, 0) is 71.1 Å². The first-order valence-corrected chi connectivity index (χ1v) is 20.6. The van der Waals surface area contributed by atoms with Crippen molar-refractivity contribution in [2.24, 2.45) is 0 Å². The number of hydrogen-bond donors (Lipinski definition) is 0. The van der Waals surface area contributed by atoms with Gasteiger partial charge in [0.15, 0.2) is 0 Å². The Bertz CT molecular complexity index is 3370. The average Bonchev–Trinajstić information content (AvgIpc) is 3.95. The van der Waals surface area contributed by atoms with Gasteiger partial charge in [-0.2, -0.15) is 0 Å². The molecule has 0 saturated heterocycles. The number of nitrogens with zero attached hydrogens (tertiary/aromatic N) is 2. The summed E-state index contributed by atoms with van der Waals surface area (Å²) in [6.07, 6.45) is 0. The van der Waals surface area contributed by atoms with Crippen LogP contribution >= 0.6 is 22.7 Å². The molecule has 3 aromatic heterocycles.